The summed E-state index contributed by atoms with van der Waals surface area (Å²) in [5.74, 6) is -2.37. The van der Waals surface area contributed by atoms with Crippen LogP contribution in [0.1, 0.15) is 55.1 Å². The van der Waals surface area contributed by atoms with Crippen molar-refractivity contribution in [1.82, 2.24) is 4.57 Å². The lowest BCUT2D eigenvalue weighted by Gasteiger charge is -2.22. The van der Waals surface area contributed by atoms with Gasteiger partial charge >= 0.3 is 13.6 Å². The van der Waals surface area contributed by atoms with E-state index < -0.39 is 44.0 Å². The number of aliphatic hydroxyl groups is 1. The number of aliphatic carboxylic acids is 1. The number of carboxylic acid groups (broad SMARTS) is 1. The van der Waals surface area contributed by atoms with Crippen molar-refractivity contribution in [2.24, 2.45) is 0 Å². The Hall–Kier alpha value is -4.08. The minimum absolute atomic E-state index is 0.00663. The standard InChI is InChI=1S/C33H36FN2O7P/c1-21(2)31-30(33(40)35-25-11-7-4-8-12-25)29(22-9-5-3-6-10-22)32(23-13-15-24(34)16-14-23)36(31)18-17-26(37)19-27(20-28(38)39)44(41,42)43/h3-16,21,26-27,37H,17-20H2,1-2H3,(H,35,40)(H,38,39)(H2,41,42,43). The molecule has 4 aromatic rings. The van der Waals surface area contributed by atoms with Crippen molar-refractivity contribution in [1.29, 1.82) is 0 Å². The number of halogens is 1. The molecule has 0 aliphatic carbocycles. The van der Waals surface area contributed by atoms with Gasteiger partial charge in [-0.2, -0.15) is 0 Å². The Morgan fingerprint density at radius 3 is 2.05 bits per heavy atom. The number of carboxylic acids is 1. The lowest BCUT2D eigenvalue weighted by molar-refractivity contribution is -0.137. The van der Waals surface area contributed by atoms with Gasteiger partial charge in [0.15, 0.2) is 0 Å². The molecule has 0 saturated carbocycles. The largest absolute Gasteiger partial charge is 0.481 e. The Labute approximate surface area is 255 Å². The van der Waals surface area contributed by atoms with Crippen LogP contribution in [0, 0.1) is 5.82 Å². The summed E-state index contributed by atoms with van der Waals surface area (Å²) >= 11 is 0. The first-order valence-corrected chi connectivity index (χ1v) is 15.9. The highest BCUT2D eigenvalue weighted by Gasteiger charge is 2.34. The van der Waals surface area contributed by atoms with Crippen molar-refractivity contribution in [2.45, 2.75) is 57.3 Å². The van der Waals surface area contributed by atoms with Crippen molar-refractivity contribution in [2.75, 3.05) is 5.32 Å². The molecular weight excluding hydrogens is 586 g/mol. The van der Waals surface area contributed by atoms with E-state index in [2.05, 4.69) is 5.32 Å². The number of amides is 1. The van der Waals surface area contributed by atoms with E-state index in [0.29, 0.717) is 33.8 Å². The van der Waals surface area contributed by atoms with Gasteiger partial charge in [0.1, 0.15) is 5.82 Å². The summed E-state index contributed by atoms with van der Waals surface area (Å²) in [5.41, 5.74) is 2.70. The highest BCUT2D eigenvalue weighted by atomic mass is 31.2. The van der Waals surface area contributed by atoms with Crippen LogP contribution < -0.4 is 5.32 Å². The molecule has 2 atom stereocenters. The normalized spacial score (nSPS) is 13.1. The molecular formula is C33H36FN2O7P. The Balaban J connectivity index is 1.88. The third kappa shape index (κ3) is 7.89. The van der Waals surface area contributed by atoms with Crippen LogP contribution in [0.5, 0.6) is 0 Å². The first kappa shape index (κ1) is 32.8. The molecule has 1 heterocycles. The first-order chi connectivity index (χ1) is 20.9. The Kier molecular flexibility index (Phi) is 10.5. The van der Waals surface area contributed by atoms with E-state index in [9.17, 15) is 33.4 Å². The van der Waals surface area contributed by atoms with E-state index in [1.54, 1.807) is 24.3 Å². The monoisotopic (exact) mass is 622 g/mol. The summed E-state index contributed by atoms with van der Waals surface area (Å²) in [7, 11) is -4.79. The van der Waals surface area contributed by atoms with E-state index in [-0.39, 0.29) is 24.8 Å². The number of carbonyl (C=O) groups excluding carboxylic acids is 1. The third-order valence-electron chi connectivity index (χ3n) is 7.41. The van der Waals surface area contributed by atoms with Crippen molar-refractivity contribution >= 4 is 25.2 Å². The predicted octanol–water partition coefficient (Wildman–Crippen LogP) is 6.50. The van der Waals surface area contributed by atoms with Gasteiger partial charge < -0.3 is 29.9 Å². The van der Waals surface area contributed by atoms with Crippen molar-refractivity contribution in [3.8, 4) is 22.4 Å². The fourth-order valence-electron chi connectivity index (χ4n) is 5.46. The third-order valence-corrected chi connectivity index (χ3v) is 8.75. The van der Waals surface area contributed by atoms with Crippen LogP contribution >= 0.6 is 7.60 Å². The van der Waals surface area contributed by atoms with Gasteiger partial charge in [0.05, 0.1) is 29.4 Å². The van der Waals surface area contributed by atoms with Crippen LogP contribution in [0.15, 0.2) is 84.9 Å². The number of aromatic nitrogens is 1. The number of rotatable bonds is 13. The van der Waals surface area contributed by atoms with E-state index in [1.165, 1.54) is 12.1 Å². The molecule has 232 valence electrons. The number of carbonyl (C=O) groups is 2. The minimum Gasteiger partial charge on any atom is -0.481 e. The average Bonchev–Trinajstić information content (AvgIpc) is 3.32. The van der Waals surface area contributed by atoms with Crippen LogP contribution in [0.4, 0.5) is 10.1 Å². The SMILES string of the molecule is CC(C)c1c(C(=O)Nc2ccccc2)c(-c2ccccc2)c(-c2ccc(F)cc2)n1CCC(O)CC(CC(=O)O)P(=O)(O)O. The van der Waals surface area contributed by atoms with Crippen LogP contribution in [0.2, 0.25) is 0 Å². The molecule has 44 heavy (non-hydrogen) atoms. The number of aliphatic hydroxyl groups excluding tert-OH is 1. The number of nitrogens with zero attached hydrogens (tertiary/aromatic N) is 1. The number of anilines is 1. The lowest BCUT2D eigenvalue weighted by Crippen LogP contribution is -2.23. The molecule has 0 spiro atoms. The molecule has 3 aromatic carbocycles. The summed E-state index contributed by atoms with van der Waals surface area (Å²) < 4.78 is 27.9. The topological polar surface area (TPSA) is 149 Å². The number of nitrogens with one attached hydrogen (secondary N) is 1. The second kappa shape index (κ2) is 14.1. The Bertz CT molecular complexity index is 1630. The summed E-state index contributed by atoms with van der Waals surface area (Å²) in [4.78, 5) is 44.7. The number of para-hydroxylation sites is 1. The van der Waals surface area contributed by atoms with Crippen molar-refractivity contribution in [3.05, 3.63) is 102 Å². The van der Waals surface area contributed by atoms with Crippen molar-refractivity contribution in [3.63, 3.8) is 0 Å². The van der Waals surface area contributed by atoms with Crippen LogP contribution in [0.25, 0.3) is 22.4 Å². The van der Waals surface area contributed by atoms with E-state index in [4.69, 9.17) is 5.11 Å². The van der Waals surface area contributed by atoms with Gasteiger partial charge in [0, 0.05) is 23.5 Å². The molecule has 1 amide bonds. The summed E-state index contributed by atoms with van der Waals surface area (Å²) in [6, 6.07) is 24.2. The molecule has 0 fully saturated rings. The molecule has 0 saturated heterocycles. The highest BCUT2D eigenvalue weighted by molar-refractivity contribution is 7.52. The molecule has 5 N–H and O–H groups in total. The maximum atomic E-state index is 14.1. The Morgan fingerprint density at radius 2 is 1.50 bits per heavy atom. The molecule has 0 bridgehead atoms. The highest BCUT2D eigenvalue weighted by Crippen LogP contribution is 2.46. The van der Waals surface area contributed by atoms with Crippen molar-refractivity contribution < 1.29 is 38.5 Å². The first-order valence-electron chi connectivity index (χ1n) is 14.3. The van der Waals surface area contributed by atoms with Crippen LogP contribution in [-0.4, -0.2) is 48.2 Å². The van der Waals surface area contributed by atoms with Crippen LogP contribution in [-0.2, 0) is 15.9 Å². The van der Waals surface area contributed by atoms with E-state index >= 15 is 0 Å². The quantitative estimate of drug-likeness (QED) is 0.107. The molecule has 9 nitrogen and oxygen atoms in total. The maximum absolute atomic E-state index is 14.1. The van der Waals surface area contributed by atoms with Gasteiger partial charge in [-0.1, -0.05) is 62.4 Å². The van der Waals surface area contributed by atoms with Gasteiger partial charge in [-0.05, 0) is 66.3 Å². The zero-order chi connectivity index (χ0) is 32.0. The molecule has 2 unspecified atom stereocenters. The summed E-state index contributed by atoms with van der Waals surface area (Å²) in [6.07, 6.45) is -2.46. The van der Waals surface area contributed by atoms with Crippen LogP contribution in [0.3, 0.4) is 0 Å². The smallest absolute Gasteiger partial charge is 0.329 e. The molecule has 4 rings (SSSR count). The zero-order valence-corrected chi connectivity index (χ0v) is 25.3. The summed E-state index contributed by atoms with van der Waals surface area (Å²) in [6.45, 7) is 3.99. The van der Waals surface area contributed by atoms with E-state index in [1.807, 2.05) is 66.9 Å². The van der Waals surface area contributed by atoms with Gasteiger partial charge in [-0.25, -0.2) is 4.39 Å². The second-order valence-corrected chi connectivity index (χ2v) is 12.9. The molecule has 0 aliphatic rings. The van der Waals surface area contributed by atoms with Gasteiger partial charge in [-0.15, -0.1) is 0 Å². The number of hydrogen-bond donors (Lipinski definition) is 5. The fraction of sp³-hybridized carbons (Fsp3) is 0.273. The molecule has 0 radical (unpaired) electrons. The number of benzene rings is 3. The summed E-state index contributed by atoms with van der Waals surface area (Å²) in [5, 5.41) is 23.0. The predicted molar refractivity (Wildman–Crippen MR) is 167 cm³/mol. The molecule has 11 heteroatoms. The van der Waals surface area contributed by atoms with E-state index in [0.717, 1.165) is 5.56 Å². The maximum Gasteiger partial charge on any atom is 0.329 e. The van der Waals surface area contributed by atoms with Gasteiger partial charge in [-0.3, -0.25) is 14.2 Å². The second-order valence-electron chi connectivity index (χ2n) is 11.0. The molecule has 1 aromatic heterocycles. The number of hydrogen-bond acceptors (Lipinski definition) is 4. The average molecular weight is 623 g/mol. The van der Waals surface area contributed by atoms with Gasteiger partial charge in [0.2, 0.25) is 0 Å². The fourth-order valence-corrected chi connectivity index (χ4v) is 6.37. The van der Waals surface area contributed by atoms with Gasteiger partial charge in [0.25, 0.3) is 5.91 Å². The minimum atomic E-state index is -4.79. The lowest BCUT2D eigenvalue weighted by atomic mass is 9.94. The molecule has 0 aliphatic heterocycles. The zero-order valence-electron chi connectivity index (χ0n) is 24.4. The Morgan fingerprint density at radius 1 is 0.909 bits per heavy atom.